The molecule has 1 aromatic heterocycles. The molecule has 0 aliphatic heterocycles. The topological polar surface area (TPSA) is 63.6 Å². The zero-order chi connectivity index (χ0) is 8.72. The molecule has 1 heterocycles. The molecule has 2 rings (SSSR count). The van der Waals surface area contributed by atoms with Gasteiger partial charge in [0.2, 0.25) is 0 Å². The number of phenolic OH excluding ortho intramolecular Hbond substituents is 1. The third-order valence-electron chi connectivity index (χ3n) is 1.72. The normalized spacial score (nSPS) is 10.8. The van der Waals surface area contributed by atoms with Crippen LogP contribution in [0.25, 0.3) is 11.2 Å². The molecule has 1 N–H and O–H groups in total. The maximum Gasteiger partial charge on any atom is 0.519 e. The minimum absolute atomic E-state index is 0.0899. The second-order valence-corrected chi connectivity index (χ2v) is 2.49. The summed E-state index contributed by atoms with van der Waals surface area (Å²) >= 11 is 0. The van der Waals surface area contributed by atoms with Gasteiger partial charge in [0.1, 0.15) is 5.75 Å². The van der Waals surface area contributed by atoms with Crippen LogP contribution in [0.4, 0.5) is 0 Å². The van der Waals surface area contributed by atoms with Crippen LogP contribution in [0.5, 0.6) is 5.75 Å². The number of benzene rings is 1. The number of aryl methyl sites for hydroxylation is 1. The summed E-state index contributed by atoms with van der Waals surface area (Å²) < 4.78 is 9.37. The van der Waals surface area contributed by atoms with Gasteiger partial charge in [0.15, 0.2) is 11.2 Å². The largest absolute Gasteiger partial charge is 0.519 e. The number of hydrogen-bond acceptors (Lipinski definition) is 4. The lowest BCUT2D eigenvalue weighted by molar-refractivity contribution is 0.408. The molecule has 0 aliphatic carbocycles. The fraction of sp³-hybridized carbons (Fsp3) is 0.125. The fourth-order valence-electron chi connectivity index (χ4n) is 1.06. The summed E-state index contributed by atoms with van der Waals surface area (Å²) in [6.07, 6.45) is 0. The molecule has 0 aliphatic rings. The van der Waals surface area contributed by atoms with Gasteiger partial charge in [-0.3, -0.25) is 0 Å². The first-order valence-electron chi connectivity index (χ1n) is 3.40. The smallest absolute Gasteiger partial charge is 0.508 e. The third-order valence-corrected chi connectivity index (χ3v) is 1.72. The van der Waals surface area contributed by atoms with E-state index in [-0.39, 0.29) is 5.75 Å². The Morgan fingerprint density at radius 1 is 1.33 bits per heavy atom. The van der Waals surface area contributed by atoms with E-state index in [1.54, 1.807) is 6.92 Å². The van der Waals surface area contributed by atoms with E-state index < -0.39 is 5.82 Å². The maximum atomic E-state index is 10.6. The lowest BCUT2D eigenvalue weighted by Crippen LogP contribution is -1.84. The van der Waals surface area contributed by atoms with Crippen molar-refractivity contribution in [1.29, 1.82) is 0 Å². The van der Waals surface area contributed by atoms with Crippen LogP contribution in [-0.4, -0.2) is 5.11 Å². The van der Waals surface area contributed by atoms with Gasteiger partial charge in [0.05, 0.1) is 0 Å². The van der Waals surface area contributed by atoms with Crippen molar-refractivity contribution < 1.29 is 13.9 Å². The highest BCUT2D eigenvalue weighted by molar-refractivity contribution is 5.76. The fourth-order valence-corrected chi connectivity index (χ4v) is 1.06. The molecule has 0 amide bonds. The van der Waals surface area contributed by atoms with E-state index in [0.717, 1.165) is 0 Å². The molecule has 0 saturated heterocycles. The SMILES string of the molecule is Cc1c(O)ccc2oc(=O)oc12. The van der Waals surface area contributed by atoms with Crippen LogP contribution in [0.3, 0.4) is 0 Å². The molecule has 12 heavy (non-hydrogen) atoms. The average Bonchev–Trinajstić information content (AvgIpc) is 2.39. The Bertz CT molecular complexity index is 477. The first-order chi connectivity index (χ1) is 5.68. The van der Waals surface area contributed by atoms with E-state index in [1.165, 1.54) is 12.1 Å². The van der Waals surface area contributed by atoms with Gasteiger partial charge in [-0.15, -0.1) is 0 Å². The van der Waals surface area contributed by atoms with Gasteiger partial charge < -0.3 is 13.9 Å². The predicted molar refractivity (Wildman–Crippen MR) is 41.2 cm³/mol. The van der Waals surface area contributed by atoms with Gasteiger partial charge in [-0.25, -0.2) is 4.79 Å². The lowest BCUT2D eigenvalue weighted by Gasteiger charge is -1.94. The summed E-state index contributed by atoms with van der Waals surface area (Å²) in [5, 5.41) is 9.22. The standard InChI is InChI=1S/C8H6O4/c1-4-5(9)2-3-6-7(4)12-8(10)11-6/h2-3,9H,1H3. The van der Waals surface area contributed by atoms with E-state index in [1.807, 2.05) is 0 Å². The van der Waals surface area contributed by atoms with Crippen LogP contribution in [0.15, 0.2) is 25.8 Å². The molecule has 1 aromatic carbocycles. The highest BCUT2D eigenvalue weighted by Crippen LogP contribution is 2.24. The Hall–Kier alpha value is -1.71. The van der Waals surface area contributed by atoms with Crippen molar-refractivity contribution in [2.75, 3.05) is 0 Å². The highest BCUT2D eigenvalue weighted by atomic mass is 16.6. The van der Waals surface area contributed by atoms with Gasteiger partial charge in [0, 0.05) is 5.56 Å². The molecule has 62 valence electrons. The van der Waals surface area contributed by atoms with Gasteiger partial charge in [-0.2, -0.15) is 0 Å². The summed E-state index contributed by atoms with van der Waals surface area (Å²) in [5.41, 5.74) is 1.17. The highest BCUT2D eigenvalue weighted by Gasteiger charge is 2.08. The molecule has 0 radical (unpaired) electrons. The number of fused-ring (bicyclic) bond motifs is 1. The third kappa shape index (κ3) is 0.812. The number of aromatic hydroxyl groups is 1. The predicted octanol–water partition coefficient (Wildman–Crippen LogP) is 1.40. The zero-order valence-corrected chi connectivity index (χ0v) is 6.33. The second kappa shape index (κ2) is 2.14. The van der Waals surface area contributed by atoms with Crippen molar-refractivity contribution in [3.05, 3.63) is 28.3 Å². The van der Waals surface area contributed by atoms with E-state index in [4.69, 9.17) is 4.42 Å². The van der Waals surface area contributed by atoms with Crippen molar-refractivity contribution in [1.82, 2.24) is 0 Å². The summed E-state index contributed by atoms with van der Waals surface area (Å²) in [6, 6.07) is 2.94. The first kappa shape index (κ1) is 6.97. The molecule has 0 atom stereocenters. The molecule has 4 heteroatoms. The first-order valence-corrected chi connectivity index (χ1v) is 3.40. The molecule has 0 fully saturated rings. The Morgan fingerprint density at radius 2 is 2.08 bits per heavy atom. The molecular formula is C8H6O4. The molecule has 0 saturated carbocycles. The molecule has 0 bridgehead atoms. The van der Waals surface area contributed by atoms with Crippen LogP contribution in [0.2, 0.25) is 0 Å². The van der Waals surface area contributed by atoms with E-state index >= 15 is 0 Å². The zero-order valence-electron chi connectivity index (χ0n) is 6.33. The average molecular weight is 166 g/mol. The van der Waals surface area contributed by atoms with Crippen LogP contribution < -0.4 is 5.82 Å². The second-order valence-electron chi connectivity index (χ2n) is 2.49. The van der Waals surface area contributed by atoms with Gasteiger partial charge >= 0.3 is 5.82 Å². The number of rotatable bonds is 0. The van der Waals surface area contributed by atoms with Crippen molar-refractivity contribution in [2.45, 2.75) is 6.92 Å². The van der Waals surface area contributed by atoms with E-state index in [9.17, 15) is 9.90 Å². The Kier molecular flexibility index (Phi) is 1.24. The van der Waals surface area contributed by atoms with E-state index in [2.05, 4.69) is 4.42 Å². The Labute approximate surface area is 67.0 Å². The Balaban J connectivity index is 2.99. The quantitative estimate of drug-likeness (QED) is 0.642. The molecule has 0 unspecified atom stereocenters. The molecular weight excluding hydrogens is 160 g/mol. The van der Waals surface area contributed by atoms with Crippen molar-refractivity contribution in [3.63, 3.8) is 0 Å². The summed E-state index contributed by atoms with van der Waals surface area (Å²) in [6.45, 7) is 1.65. The maximum absolute atomic E-state index is 10.6. The van der Waals surface area contributed by atoms with Crippen LogP contribution in [-0.2, 0) is 0 Å². The summed E-state index contributed by atoms with van der Waals surface area (Å²) in [7, 11) is 0. The van der Waals surface area contributed by atoms with Gasteiger partial charge in [0.25, 0.3) is 0 Å². The minimum Gasteiger partial charge on any atom is -0.508 e. The molecule has 2 aromatic rings. The van der Waals surface area contributed by atoms with Gasteiger partial charge in [-0.05, 0) is 19.1 Å². The number of phenols is 1. The van der Waals surface area contributed by atoms with Crippen molar-refractivity contribution in [3.8, 4) is 5.75 Å². The summed E-state index contributed by atoms with van der Waals surface area (Å²) in [4.78, 5) is 10.6. The molecule has 4 nitrogen and oxygen atoms in total. The van der Waals surface area contributed by atoms with Crippen LogP contribution >= 0.6 is 0 Å². The number of hydrogen-bond donors (Lipinski definition) is 1. The minimum atomic E-state index is -0.751. The van der Waals surface area contributed by atoms with Crippen molar-refractivity contribution >= 4 is 11.2 Å². The van der Waals surface area contributed by atoms with E-state index in [0.29, 0.717) is 16.7 Å². The van der Waals surface area contributed by atoms with Crippen molar-refractivity contribution in [2.24, 2.45) is 0 Å². The van der Waals surface area contributed by atoms with Gasteiger partial charge in [-0.1, -0.05) is 0 Å². The van der Waals surface area contributed by atoms with Crippen LogP contribution in [0.1, 0.15) is 5.56 Å². The monoisotopic (exact) mass is 166 g/mol. The lowest BCUT2D eigenvalue weighted by atomic mass is 10.2. The molecule has 0 spiro atoms. The summed E-state index contributed by atoms with van der Waals surface area (Å²) in [5.74, 6) is -0.661. The van der Waals surface area contributed by atoms with Crippen LogP contribution in [0, 0.1) is 6.92 Å². The Morgan fingerprint density at radius 3 is 2.83 bits per heavy atom.